The number of sulfonamides is 1. The molecule has 24 heavy (non-hydrogen) atoms. The average molecular weight is 364 g/mol. The highest BCUT2D eigenvalue weighted by molar-refractivity contribution is 7.89. The van der Waals surface area contributed by atoms with Crippen LogP contribution < -0.4 is 0 Å². The molecule has 0 radical (unpaired) electrons. The Morgan fingerprint density at radius 2 is 1.62 bits per heavy atom. The summed E-state index contributed by atoms with van der Waals surface area (Å²) in [5, 5.41) is 0.667. The molecular weight excluding hydrogens is 342 g/mol. The van der Waals surface area contributed by atoms with E-state index in [-0.39, 0.29) is 6.04 Å². The van der Waals surface area contributed by atoms with Crippen molar-refractivity contribution in [2.75, 3.05) is 6.54 Å². The van der Waals surface area contributed by atoms with Crippen LogP contribution in [0.2, 0.25) is 5.02 Å². The Morgan fingerprint density at radius 1 is 0.958 bits per heavy atom. The minimum Gasteiger partial charge on any atom is -0.207 e. The van der Waals surface area contributed by atoms with E-state index < -0.39 is 10.0 Å². The van der Waals surface area contributed by atoms with Gasteiger partial charge in [0.15, 0.2) is 0 Å². The van der Waals surface area contributed by atoms with Gasteiger partial charge in [0.25, 0.3) is 0 Å². The molecule has 3 nitrogen and oxygen atoms in total. The van der Waals surface area contributed by atoms with Gasteiger partial charge in [-0.05, 0) is 49.6 Å². The van der Waals surface area contributed by atoms with Crippen molar-refractivity contribution >= 4 is 21.6 Å². The van der Waals surface area contributed by atoms with Gasteiger partial charge in [0.2, 0.25) is 10.0 Å². The summed E-state index contributed by atoms with van der Waals surface area (Å²) in [6.45, 7) is 2.52. The minimum absolute atomic E-state index is 0.129. The van der Waals surface area contributed by atoms with Gasteiger partial charge >= 0.3 is 0 Å². The van der Waals surface area contributed by atoms with Crippen LogP contribution in [0.4, 0.5) is 0 Å². The molecule has 1 fully saturated rings. The van der Waals surface area contributed by atoms with Crippen molar-refractivity contribution in [2.24, 2.45) is 0 Å². The topological polar surface area (TPSA) is 37.4 Å². The molecule has 0 saturated carbocycles. The molecule has 0 amide bonds. The maximum absolute atomic E-state index is 13.2. The summed E-state index contributed by atoms with van der Waals surface area (Å²) in [6, 6.07) is 14.5. The largest absolute Gasteiger partial charge is 0.243 e. The predicted octanol–water partition coefficient (Wildman–Crippen LogP) is 4.95. The molecule has 3 rings (SSSR count). The SMILES string of the molecule is Cc1ccc(S(=O)(=O)N2CCCCCC2c2ccc(Cl)cc2)cc1. The van der Waals surface area contributed by atoms with Crippen molar-refractivity contribution in [3.63, 3.8) is 0 Å². The van der Waals surface area contributed by atoms with E-state index in [1.54, 1.807) is 16.4 Å². The van der Waals surface area contributed by atoms with Crippen molar-refractivity contribution in [1.82, 2.24) is 4.31 Å². The van der Waals surface area contributed by atoms with Crippen molar-refractivity contribution in [3.8, 4) is 0 Å². The van der Waals surface area contributed by atoms with Crippen LogP contribution in [0.15, 0.2) is 53.4 Å². The van der Waals surface area contributed by atoms with Gasteiger partial charge in [-0.3, -0.25) is 0 Å². The Bertz CT molecular complexity index is 785. The smallest absolute Gasteiger partial charge is 0.207 e. The molecule has 128 valence electrons. The zero-order valence-electron chi connectivity index (χ0n) is 13.8. The monoisotopic (exact) mass is 363 g/mol. The Kier molecular flexibility index (Phi) is 5.28. The predicted molar refractivity (Wildman–Crippen MR) is 97.7 cm³/mol. The molecule has 0 N–H and O–H groups in total. The number of halogens is 1. The molecule has 0 aliphatic carbocycles. The van der Waals surface area contributed by atoms with Gasteiger partial charge in [0.05, 0.1) is 10.9 Å². The molecule has 1 saturated heterocycles. The first-order chi connectivity index (χ1) is 11.5. The molecule has 1 unspecified atom stereocenters. The lowest BCUT2D eigenvalue weighted by molar-refractivity contribution is 0.329. The molecule has 1 aliphatic heterocycles. The number of rotatable bonds is 3. The van der Waals surface area contributed by atoms with Crippen LogP contribution in [0.25, 0.3) is 0 Å². The van der Waals surface area contributed by atoms with Gasteiger partial charge in [-0.1, -0.05) is 54.3 Å². The Hall–Kier alpha value is -1.36. The standard InChI is InChI=1S/C19H22ClNO2S/c1-15-6-12-18(13-7-15)24(22,23)21-14-4-2-3-5-19(21)16-8-10-17(20)11-9-16/h6-13,19H,2-5,14H2,1H3. The van der Waals surface area contributed by atoms with E-state index in [4.69, 9.17) is 11.6 Å². The van der Waals surface area contributed by atoms with E-state index in [9.17, 15) is 8.42 Å². The highest BCUT2D eigenvalue weighted by Gasteiger charge is 2.33. The van der Waals surface area contributed by atoms with Crippen LogP contribution in [0.3, 0.4) is 0 Å². The molecule has 0 bridgehead atoms. The minimum atomic E-state index is -3.51. The van der Waals surface area contributed by atoms with E-state index in [1.807, 2.05) is 43.3 Å². The Balaban J connectivity index is 2.00. The maximum Gasteiger partial charge on any atom is 0.243 e. The van der Waals surface area contributed by atoms with Gasteiger partial charge in [0.1, 0.15) is 0 Å². The molecule has 1 aliphatic rings. The fraction of sp³-hybridized carbons (Fsp3) is 0.368. The third-order valence-corrected chi connectivity index (χ3v) is 6.76. The lowest BCUT2D eigenvalue weighted by Gasteiger charge is -2.29. The molecule has 0 aromatic heterocycles. The fourth-order valence-corrected chi connectivity index (χ4v) is 5.04. The van der Waals surface area contributed by atoms with Crippen LogP contribution in [-0.2, 0) is 10.0 Å². The van der Waals surface area contributed by atoms with E-state index in [2.05, 4.69) is 0 Å². The number of hydrogen-bond donors (Lipinski definition) is 0. The van der Waals surface area contributed by atoms with Gasteiger partial charge in [0, 0.05) is 11.6 Å². The lowest BCUT2D eigenvalue weighted by atomic mass is 10.0. The average Bonchev–Trinajstić information content (AvgIpc) is 2.82. The molecule has 2 aromatic rings. The lowest BCUT2D eigenvalue weighted by Crippen LogP contribution is -2.34. The fourth-order valence-electron chi connectivity index (χ4n) is 3.23. The normalized spacial score (nSPS) is 19.8. The van der Waals surface area contributed by atoms with Gasteiger partial charge in [-0.25, -0.2) is 8.42 Å². The second-order valence-corrected chi connectivity index (χ2v) is 8.67. The Morgan fingerprint density at radius 3 is 2.29 bits per heavy atom. The summed E-state index contributed by atoms with van der Waals surface area (Å²) in [4.78, 5) is 0.369. The first-order valence-corrected chi connectivity index (χ1v) is 10.1. The van der Waals surface area contributed by atoms with Crippen LogP contribution in [0.5, 0.6) is 0 Å². The maximum atomic E-state index is 13.2. The summed E-state index contributed by atoms with van der Waals surface area (Å²) < 4.78 is 28.1. The van der Waals surface area contributed by atoms with Crippen molar-refractivity contribution in [2.45, 2.75) is 43.5 Å². The highest BCUT2D eigenvalue weighted by atomic mass is 35.5. The van der Waals surface area contributed by atoms with E-state index in [1.165, 1.54) is 0 Å². The number of nitrogens with zero attached hydrogens (tertiary/aromatic N) is 1. The van der Waals surface area contributed by atoms with E-state index in [0.29, 0.717) is 16.5 Å². The van der Waals surface area contributed by atoms with Gasteiger partial charge < -0.3 is 0 Å². The van der Waals surface area contributed by atoms with Crippen molar-refractivity contribution in [1.29, 1.82) is 0 Å². The van der Waals surface area contributed by atoms with E-state index in [0.717, 1.165) is 36.8 Å². The summed E-state index contributed by atoms with van der Waals surface area (Å²) in [6.07, 6.45) is 3.83. The third-order valence-electron chi connectivity index (χ3n) is 4.59. The van der Waals surface area contributed by atoms with Crippen LogP contribution >= 0.6 is 11.6 Å². The number of benzene rings is 2. The second kappa shape index (κ2) is 7.26. The number of hydrogen-bond acceptors (Lipinski definition) is 2. The molecule has 1 heterocycles. The Labute approximate surface area is 149 Å². The zero-order chi connectivity index (χ0) is 17.2. The highest BCUT2D eigenvalue weighted by Crippen LogP contribution is 2.35. The van der Waals surface area contributed by atoms with Crippen molar-refractivity contribution < 1.29 is 8.42 Å². The number of aryl methyl sites for hydroxylation is 1. The summed E-state index contributed by atoms with van der Waals surface area (Å²) >= 11 is 5.99. The zero-order valence-corrected chi connectivity index (χ0v) is 15.4. The van der Waals surface area contributed by atoms with Crippen LogP contribution in [-0.4, -0.2) is 19.3 Å². The van der Waals surface area contributed by atoms with Crippen LogP contribution in [0.1, 0.15) is 42.9 Å². The van der Waals surface area contributed by atoms with Gasteiger partial charge in [-0.15, -0.1) is 0 Å². The van der Waals surface area contributed by atoms with Gasteiger partial charge in [-0.2, -0.15) is 4.31 Å². The molecule has 2 aromatic carbocycles. The molecule has 1 atom stereocenters. The quantitative estimate of drug-likeness (QED) is 0.773. The van der Waals surface area contributed by atoms with Crippen LogP contribution in [0, 0.1) is 6.92 Å². The molecular formula is C19H22ClNO2S. The first kappa shape index (κ1) is 17.5. The summed E-state index contributed by atoms with van der Waals surface area (Å²) in [7, 11) is -3.51. The first-order valence-electron chi connectivity index (χ1n) is 8.32. The van der Waals surface area contributed by atoms with Crippen molar-refractivity contribution in [3.05, 3.63) is 64.7 Å². The second-order valence-electron chi connectivity index (χ2n) is 6.35. The molecule has 5 heteroatoms. The van der Waals surface area contributed by atoms with E-state index >= 15 is 0 Å². The third kappa shape index (κ3) is 3.66. The summed E-state index contributed by atoms with van der Waals surface area (Å²) in [5.74, 6) is 0. The summed E-state index contributed by atoms with van der Waals surface area (Å²) in [5.41, 5.74) is 2.07. The molecule has 0 spiro atoms.